The van der Waals surface area contributed by atoms with E-state index in [4.69, 9.17) is 4.74 Å². The Balaban J connectivity index is 2.30. The summed E-state index contributed by atoms with van der Waals surface area (Å²) in [5, 5.41) is 0. The molecule has 3 heteroatoms. The molecule has 21 heavy (non-hydrogen) atoms. The van der Waals surface area contributed by atoms with Crippen LogP contribution in [0.2, 0.25) is 0 Å². The van der Waals surface area contributed by atoms with Gasteiger partial charge in [0, 0.05) is 25.0 Å². The quantitative estimate of drug-likeness (QED) is 0.769. The Morgan fingerprint density at radius 2 is 1.90 bits per heavy atom. The van der Waals surface area contributed by atoms with E-state index in [2.05, 4.69) is 6.92 Å². The van der Waals surface area contributed by atoms with Crippen molar-refractivity contribution in [1.82, 2.24) is 0 Å². The summed E-state index contributed by atoms with van der Waals surface area (Å²) in [4.78, 5) is 11.5. The number of ether oxygens (including phenoxy) is 1. The number of halogens is 1. The highest BCUT2D eigenvalue weighted by Gasteiger charge is 2.39. The monoisotopic (exact) mass is 292 g/mol. The Bertz CT molecular complexity index is 486. The minimum absolute atomic E-state index is 0.189. The third-order valence-corrected chi connectivity index (χ3v) is 4.26. The van der Waals surface area contributed by atoms with Crippen LogP contribution >= 0.6 is 0 Å². The molecule has 1 saturated carbocycles. The third-order valence-electron chi connectivity index (χ3n) is 4.26. The zero-order chi connectivity index (χ0) is 15.3. The molecule has 0 saturated heterocycles. The minimum Gasteiger partial charge on any atom is -0.370 e. The van der Waals surface area contributed by atoms with Crippen molar-refractivity contribution in [2.24, 2.45) is 0 Å². The molecule has 1 aliphatic carbocycles. The molecule has 2 rings (SSSR count). The molecule has 116 valence electrons. The fraction of sp³-hybridized carbons (Fsp3) is 0.611. The lowest BCUT2D eigenvalue weighted by Gasteiger charge is -2.37. The fourth-order valence-corrected chi connectivity index (χ4v) is 3.09. The van der Waals surface area contributed by atoms with Crippen LogP contribution in [-0.4, -0.2) is 12.4 Å². The molecule has 1 aliphatic rings. The molecule has 0 amide bonds. The molecule has 1 aromatic rings. The minimum atomic E-state index is -0.612. The molecule has 0 atom stereocenters. The van der Waals surface area contributed by atoms with Gasteiger partial charge < -0.3 is 4.74 Å². The molecule has 0 unspecified atom stereocenters. The smallest absolute Gasteiger partial charge is 0.133 e. The van der Waals surface area contributed by atoms with Gasteiger partial charge in [0.05, 0.1) is 5.60 Å². The number of rotatable bonds is 6. The lowest BCUT2D eigenvalue weighted by Crippen LogP contribution is -2.36. The molecule has 2 nitrogen and oxygen atoms in total. The SMILES string of the molecule is CCCOC1(c2ccc(CCC)cc2F)CCC(=O)CC1. The predicted octanol–water partition coefficient (Wildman–Crippen LogP) is 4.54. The molecule has 0 aliphatic heterocycles. The van der Waals surface area contributed by atoms with E-state index >= 15 is 0 Å². The van der Waals surface area contributed by atoms with Crippen molar-refractivity contribution in [3.63, 3.8) is 0 Å². The first-order valence-corrected chi connectivity index (χ1v) is 8.06. The third kappa shape index (κ3) is 3.70. The van der Waals surface area contributed by atoms with Gasteiger partial charge in [-0.15, -0.1) is 0 Å². The van der Waals surface area contributed by atoms with Gasteiger partial charge in [0.15, 0.2) is 0 Å². The first kappa shape index (κ1) is 16.2. The summed E-state index contributed by atoms with van der Waals surface area (Å²) >= 11 is 0. The highest BCUT2D eigenvalue weighted by atomic mass is 19.1. The maximum Gasteiger partial charge on any atom is 0.133 e. The summed E-state index contributed by atoms with van der Waals surface area (Å²) in [6.45, 7) is 4.73. The fourth-order valence-electron chi connectivity index (χ4n) is 3.09. The van der Waals surface area contributed by atoms with Crippen molar-refractivity contribution in [2.75, 3.05) is 6.61 Å². The van der Waals surface area contributed by atoms with Crippen LogP contribution in [0.5, 0.6) is 0 Å². The zero-order valence-electron chi connectivity index (χ0n) is 13.1. The van der Waals surface area contributed by atoms with Crippen molar-refractivity contribution in [3.05, 3.63) is 35.1 Å². The number of benzene rings is 1. The number of hydrogen-bond donors (Lipinski definition) is 0. The number of carbonyl (C=O) groups excluding carboxylic acids is 1. The van der Waals surface area contributed by atoms with Gasteiger partial charge in [-0.25, -0.2) is 4.39 Å². The summed E-state index contributed by atoms with van der Waals surface area (Å²) in [5.74, 6) is 0.0696. The van der Waals surface area contributed by atoms with Gasteiger partial charge in [-0.05, 0) is 37.3 Å². The van der Waals surface area contributed by atoms with E-state index in [1.807, 2.05) is 19.1 Å². The van der Waals surface area contributed by atoms with E-state index in [9.17, 15) is 9.18 Å². The summed E-state index contributed by atoms with van der Waals surface area (Å²) in [7, 11) is 0. The van der Waals surface area contributed by atoms with Crippen molar-refractivity contribution >= 4 is 5.78 Å². The average Bonchev–Trinajstić information content (AvgIpc) is 2.48. The molecular weight excluding hydrogens is 267 g/mol. The van der Waals surface area contributed by atoms with E-state index in [0.717, 1.165) is 24.8 Å². The number of carbonyl (C=O) groups is 1. The average molecular weight is 292 g/mol. The summed E-state index contributed by atoms with van der Waals surface area (Å²) in [6.07, 6.45) is 4.94. The molecule has 0 spiro atoms. The Kier molecular flexibility index (Phi) is 5.51. The van der Waals surface area contributed by atoms with Crippen LogP contribution in [0.1, 0.15) is 63.5 Å². The van der Waals surface area contributed by atoms with E-state index in [1.165, 1.54) is 0 Å². The number of aryl methyl sites for hydroxylation is 1. The summed E-state index contributed by atoms with van der Waals surface area (Å²) in [5.41, 5.74) is 1.04. The summed E-state index contributed by atoms with van der Waals surface area (Å²) in [6, 6.07) is 5.49. The standard InChI is InChI=1S/C18H25FO2/c1-3-5-14-6-7-16(17(19)13-14)18(21-12-4-2)10-8-15(20)9-11-18/h6-7,13H,3-5,8-12H2,1-2H3. The molecule has 1 fully saturated rings. The molecule has 0 bridgehead atoms. The van der Waals surface area contributed by atoms with Crippen LogP contribution in [0.4, 0.5) is 4.39 Å². The van der Waals surface area contributed by atoms with E-state index in [-0.39, 0.29) is 11.6 Å². The van der Waals surface area contributed by atoms with Gasteiger partial charge >= 0.3 is 0 Å². The Labute approximate surface area is 126 Å². The normalized spacial score (nSPS) is 18.0. The molecule has 1 aromatic carbocycles. The maximum atomic E-state index is 14.6. The topological polar surface area (TPSA) is 26.3 Å². The number of Topliss-reactive ketones (excluding diaryl/α,β-unsaturated/α-hetero) is 1. The van der Waals surface area contributed by atoms with Gasteiger partial charge in [-0.3, -0.25) is 4.79 Å². The second-order valence-electron chi connectivity index (χ2n) is 5.95. The Morgan fingerprint density at radius 1 is 1.19 bits per heavy atom. The lowest BCUT2D eigenvalue weighted by molar-refractivity contribution is -0.131. The molecule has 0 radical (unpaired) electrons. The van der Waals surface area contributed by atoms with Gasteiger partial charge in [0.2, 0.25) is 0 Å². The zero-order valence-corrected chi connectivity index (χ0v) is 13.1. The Hall–Kier alpha value is -1.22. The first-order valence-electron chi connectivity index (χ1n) is 8.06. The maximum absolute atomic E-state index is 14.6. The highest BCUT2D eigenvalue weighted by molar-refractivity contribution is 5.79. The number of hydrogen-bond acceptors (Lipinski definition) is 2. The van der Waals surface area contributed by atoms with Crippen molar-refractivity contribution in [1.29, 1.82) is 0 Å². The predicted molar refractivity (Wildman–Crippen MR) is 81.8 cm³/mol. The van der Waals surface area contributed by atoms with Gasteiger partial charge in [0.1, 0.15) is 11.6 Å². The van der Waals surface area contributed by atoms with E-state index < -0.39 is 5.60 Å². The van der Waals surface area contributed by atoms with Crippen LogP contribution < -0.4 is 0 Å². The van der Waals surface area contributed by atoms with Gasteiger partial charge in [-0.2, -0.15) is 0 Å². The highest BCUT2D eigenvalue weighted by Crippen LogP contribution is 2.41. The molecular formula is C18H25FO2. The van der Waals surface area contributed by atoms with Crippen molar-refractivity contribution in [2.45, 2.75) is 64.4 Å². The van der Waals surface area contributed by atoms with Crippen LogP contribution in [-0.2, 0) is 21.6 Å². The molecule has 0 heterocycles. The largest absolute Gasteiger partial charge is 0.370 e. The second-order valence-corrected chi connectivity index (χ2v) is 5.95. The second kappa shape index (κ2) is 7.17. The number of ketones is 1. The van der Waals surface area contributed by atoms with E-state index in [0.29, 0.717) is 37.9 Å². The summed E-state index contributed by atoms with van der Waals surface area (Å²) < 4.78 is 20.6. The van der Waals surface area contributed by atoms with Crippen LogP contribution in [0.25, 0.3) is 0 Å². The van der Waals surface area contributed by atoms with Crippen molar-refractivity contribution in [3.8, 4) is 0 Å². The van der Waals surface area contributed by atoms with Crippen molar-refractivity contribution < 1.29 is 13.9 Å². The van der Waals surface area contributed by atoms with Crippen LogP contribution in [0, 0.1) is 5.82 Å². The van der Waals surface area contributed by atoms with Crippen LogP contribution in [0.15, 0.2) is 18.2 Å². The lowest BCUT2D eigenvalue weighted by atomic mass is 9.78. The van der Waals surface area contributed by atoms with Crippen LogP contribution in [0.3, 0.4) is 0 Å². The molecule has 0 aromatic heterocycles. The Morgan fingerprint density at radius 3 is 2.48 bits per heavy atom. The first-order chi connectivity index (χ1) is 10.1. The van der Waals surface area contributed by atoms with E-state index in [1.54, 1.807) is 6.07 Å². The van der Waals surface area contributed by atoms with Gasteiger partial charge in [0.25, 0.3) is 0 Å². The van der Waals surface area contributed by atoms with Gasteiger partial charge in [-0.1, -0.05) is 32.4 Å². The molecule has 0 N–H and O–H groups in total.